The van der Waals surface area contributed by atoms with Crippen molar-refractivity contribution in [2.45, 2.75) is 26.4 Å². The van der Waals surface area contributed by atoms with Gasteiger partial charge in [0, 0.05) is 0 Å². The van der Waals surface area contributed by atoms with Crippen molar-refractivity contribution in [3.05, 3.63) is 64.7 Å². The Bertz CT molecular complexity index is 544. The van der Waals surface area contributed by atoms with Gasteiger partial charge < -0.3 is 9.84 Å². The maximum atomic E-state index is 10.4. The number of hydrogen-bond donors (Lipinski definition) is 1. The summed E-state index contributed by atoms with van der Waals surface area (Å²) in [6.45, 7) is 4.10. The highest BCUT2D eigenvalue weighted by Gasteiger charge is 2.11. The van der Waals surface area contributed by atoms with Gasteiger partial charge in [0.15, 0.2) is 0 Å². The van der Waals surface area contributed by atoms with Crippen molar-refractivity contribution in [3.8, 4) is 5.75 Å². The molecule has 2 heteroatoms. The largest absolute Gasteiger partial charge is 0.496 e. The lowest BCUT2D eigenvalue weighted by atomic mass is 9.98. The van der Waals surface area contributed by atoms with Crippen LogP contribution in [0.25, 0.3) is 0 Å². The number of aliphatic hydroxyl groups is 1. The molecule has 2 aromatic rings. The Morgan fingerprint density at radius 2 is 1.68 bits per heavy atom. The molecule has 0 radical (unpaired) electrons. The molecular weight excluding hydrogens is 236 g/mol. The lowest BCUT2D eigenvalue weighted by Crippen LogP contribution is -2.01. The van der Waals surface area contributed by atoms with Gasteiger partial charge >= 0.3 is 0 Å². The van der Waals surface area contributed by atoms with E-state index in [1.165, 1.54) is 5.56 Å². The lowest BCUT2D eigenvalue weighted by molar-refractivity contribution is 0.220. The quantitative estimate of drug-likeness (QED) is 0.904. The Labute approximate surface area is 114 Å². The van der Waals surface area contributed by atoms with Crippen molar-refractivity contribution in [1.29, 1.82) is 0 Å². The molecule has 0 aromatic heterocycles. The summed E-state index contributed by atoms with van der Waals surface area (Å²) >= 11 is 0. The van der Waals surface area contributed by atoms with Gasteiger partial charge in [0.25, 0.3) is 0 Å². The van der Waals surface area contributed by atoms with Crippen LogP contribution in [0.4, 0.5) is 0 Å². The van der Waals surface area contributed by atoms with Crippen LogP contribution >= 0.6 is 0 Å². The van der Waals surface area contributed by atoms with Crippen LogP contribution in [0, 0.1) is 6.92 Å². The zero-order chi connectivity index (χ0) is 13.8. The van der Waals surface area contributed by atoms with Gasteiger partial charge in [-0.15, -0.1) is 0 Å². The molecule has 0 bridgehead atoms. The zero-order valence-electron chi connectivity index (χ0n) is 11.7. The average molecular weight is 256 g/mol. The molecule has 1 unspecified atom stereocenters. The van der Waals surface area contributed by atoms with E-state index in [9.17, 15) is 5.11 Å². The van der Waals surface area contributed by atoms with Gasteiger partial charge in [-0.1, -0.05) is 37.3 Å². The second-order valence-electron chi connectivity index (χ2n) is 4.73. The molecule has 0 saturated carbocycles. The monoisotopic (exact) mass is 256 g/mol. The van der Waals surface area contributed by atoms with Crippen LogP contribution in [0.2, 0.25) is 0 Å². The summed E-state index contributed by atoms with van der Waals surface area (Å²) in [7, 11) is 1.65. The molecule has 0 aliphatic rings. The topological polar surface area (TPSA) is 29.5 Å². The molecule has 0 aliphatic heterocycles. The molecule has 0 amide bonds. The zero-order valence-corrected chi connectivity index (χ0v) is 11.7. The van der Waals surface area contributed by atoms with Crippen LogP contribution in [0.3, 0.4) is 0 Å². The first-order valence-corrected chi connectivity index (χ1v) is 6.57. The molecule has 0 spiro atoms. The first-order chi connectivity index (χ1) is 9.15. The van der Waals surface area contributed by atoms with Crippen molar-refractivity contribution in [3.63, 3.8) is 0 Å². The van der Waals surface area contributed by atoms with Crippen LogP contribution in [-0.4, -0.2) is 12.2 Å². The van der Waals surface area contributed by atoms with Crippen LogP contribution in [0.1, 0.15) is 35.3 Å². The maximum Gasteiger partial charge on any atom is 0.121 e. The molecule has 2 nitrogen and oxygen atoms in total. The lowest BCUT2D eigenvalue weighted by Gasteiger charge is -2.14. The SMILES string of the molecule is CCc1ccc(C(O)c2ccc(OC)c(C)c2)cc1. The number of benzene rings is 2. The third-order valence-corrected chi connectivity index (χ3v) is 3.44. The Morgan fingerprint density at radius 3 is 2.21 bits per heavy atom. The van der Waals surface area contributed by atoms with Crippen LogP contribution in [-0.2, 0) is 6.42 Å². The molecular formula is C17H20O2. The van der Waals surface area contributed by atoms with E-state index in [-0.39, 0.29) is 0 Å². The van der Waals surface area contributed by atoms with Gasteiger partial charge in [-0.05, 0) is 47.7 Å². The highest BCUT2D eigenvalue weighted by atomic mass is 16.5. The molecule has 100 valence electrons. The van der Waals surface area contributed by atoms with E-state index >= 15 is 0 Å². The van der Waals surface area contributed by atoms with Crippen LogP contribution < -0.4 is 4.74 Å². The molecule has 1 N–H and O–H groups in total. The van der Waals surface area contributed by atoms with E-state index in [0.29, 0.717) is 0 Å². The normalized spacial score (nSPS) is 12.2. The first-order valence-electron chi connectivity index (χ1n) is 6.57. The Hall–Kier alpha value is -1.80. The summed E-state index contributed by atoms with van der Waals surface area (Å²) in [5.41, 5.74) is 4.12. The number of rotatable bonds is 4. The average Bonchev–Trinajstić information content (AvgIpc) is 2.46. The van der Waals surface area contributed by atoms with Crippen molar-refractivity contribution in [2.24, 2.45) is 0 Å². The molecule has 0 fully saturated rings. The maximum absolute atomic E-state index is 10.4. The predicted octanol–water partition coefficient (Wildman–Crippen LogP) is 3.65. The molecule has 2 rings (SSSR count). The number of methoxy groups -OCH3 is 1. The van der Waals surface area contributed by atoms with Crippen LogP contribution in [0.15, 0.2) is 42.5 Å². The van der Waals surface area contributed by atoms with E-state index in [2.05, 4.69) is 19.1 Å². The van der Waals surface area contributed by atoms with E-state index in [4.69, 9.17) is 4.74 Å². The van der Waals surface area contributed by atoms with Gasteiger partial charge in [0.1, 0.15) is 11.9 Å². The molecule has 2 aromatic carbocycles. The minimum Gasteiger partial charge on any atom is -0.496 e. The Morgan fingerprint density at radius 1 is 1.05 bits per heavy atom. The van der Waals surface area contributed by atoms with Crippen molar-refractivity contribution in [1.82, 2.24) is 0 Å². The van der Waals surface area contributed by atoms with E-state index < -0.39 is 6.10 Å². The number of aliphatic hydroxyl groups excluding tert-OH is 1. The molecule has 19 heavy (non-hydrogen) atoms. The summed E-state index contributed by atoms with van der Waals surface area (Å²) in [5.74, 6) is 0.845. The van der Waals surface area contributed by atoms with E-state index in [1.54, 1.807) is 7.11 Å². The fraction of sp³-hybridized carbons (Fsp3) is 0.294. The highest BCUT2D eigenvalue weighted by Crippen LogP contribution is 2.26. The number of ether oxygens (including phenoxy) is 1. The summed E-state index contributed by atoms with van der Waals surface area (Å²) in [5, 5.41) is 10.4. The van der Waals surface area contributed by atoms with Crippen molar-refractivity contribution < 1.29 is 9.84 Å². The third-order valence-electron chi connectivity index (χ3n) is 3.44. The second-order valence-corrected chi connectivity index (χ2v) is 4.73. The molecule has 0 heterocycles. The third kappa shape index (κ3) is 2.96. The highest BCUT2D eigenvalue weighted by molar-refractivity contribution is 5.40. The van der Waals surface area contributed by atoms with Gasteiger partial charge in [-0.25, -0.2) is 0 Å². The van der Waals surface area contributed by atoms with Gasteiger partial charge in [0.05, 0.1) is 7.11 Å². The van der Waals surface area contributed by atoms with Gasteiger partial charge in [-0.2, -0.15) is 0 Å². The minimum atomic E-state index is -0.587. The van der Waals surface area contributed by atoms with E-state index in [1.807, 2.05) is 37.3 Å². The first kappa shape index (κ1) is 13.6. The summed E-state index contributed by atoms with van der Waals surface area (Å²) in [4.78, 5) is 0. The number of hydrogen-bond acceptors (Lipinski definition) is 2. The standard InChI is InChI=1S/C17H20O2/c1-4-13-5-7-14(8-6-13)17(18)15-9-10-16(19-3)12(2)11-15/h5-11,17-18H,4H2,1-3H3. The van der Waals surface area contributed by atoms with Gasteiger partial charge in [0.2, 0.25) is 0 Å². The second kappa shape index (κ2) is 5.89. The van der Waals surface area contributed by atoms with E-state index in [0.717, 1.165) is 28.9 Å². The van der Waals surface area contributed by atoms with Crippen LogP contribution in [0.5, 0.6) is 5.75 Å². The fourth-order valence-corrected chi connectivity index (χ4v) is 2.20. The smallest absolute Gasteiger partial charge is 0.121 e. The molecule has 0 aliphatic carbocycles. The Kier molecular flexibility index (Phi) is 4.23. The fourth-order valence-electron chi connectivity index (χ4n) is 2.20. The summed E-state index contributed by atoms with van der Waals surface area (Å²) in [6, 6.07) is 13.9. The summed E-state index contributed by atoms with van der Waals surface area (Å²) < 4.78 is 5.23. The van der Waals surface area contributed by atoms with Gasteiger partial charge in [-0.3, -0.25) is 0 Å². The van der Waals surface area contributed by atoms with Crippen molar-refractivity contribution in [2.75, 3.05) is 7.11 Å². The Balaban J connectivity index is 2.27. The molecule has 0 saturated heterocycles. The summed E-state index contributed by atoms with van der Waals surface area (Å²) in [6.07, 6.45) is 0.424. The minimum absolute atomic E-state index is 0.587. The van der Waals surface area contributed by atoms with Crippen molar-refractivity contribution >= 4 is 0 Å². The molecule has 1 atom stereocenters. The predicted molar refractivity (Wildman–Crippen MR) is 77.6 cm³/mol. The number of aryl methyl sites for hydroxylation is 2.